The summed E-state index contributed by atoms with van der Waals surface area (Å²) in [5.74, 6) is 0.408. The minimum Gasteiger partial charge on any atom is -0.226 e. The lowest BCUT2D eigenvalue weighted by Gasteiger charge is -2.20. The van der Waals surface area contributed by atoms with E-state index >= 15 is 0 Å². The second-order valence-corrected chi connectivity index (χ2v) is 4.86. The first-order valence-corrected chi connectivity index (χ1v) is 5.65. The molecule has 0 bridgehead atoms. The fourth-order valence-corrected chi connectivity index (χ4v) is 1.91. The first-order chi connectivity index (χ1) is 7.96. The highest BCUT2D eigenvalue weighted by Gasteiger charge is 2.38. The molecule has 17 heavy (non-hydrogen) atoms. The molecule has 1 aliphatic rings. The Balaban J connectivity index is 2.54. The first kappa shape index (κ1) is 11.8. The number of amidine groups is 1. The molecule has 0 atom stereocenters. The molecule has 86 valence electrons. The lowest BCUT2D eigenvalue weighted by atomic mass is 10.1. The summed E-state index contributed by atoms with van der Waals surface area (Å²) in [6, 6.07) is 10.0. The molecule has 0 N–H and O–H groups in total. The van der Waals surface area contributed by atoms with E-state index in [-0.39, 0.29) is 4.48 Å². The average molecular weight is 247 g/mol. The molecule has 0 amide bonds. The van der Waals surface area contributed by atoms with Gasteiger partial charge >= 0.3 is 5.84 Å². The van der Waals surface area contributed by atoms with E-state index in [1.807, 2.05) is 45.3 Å². The zero-order valence-electron chi connectivity index (χ0n) is 10.0. The number of nitrogens with zero attached hydrogens (tertiary/aromatic N) is 3. The molecule has 1 aromatic carbocycles. The van der Waals surface area contributed by atoms with Crippen LogP contribution >= 0.6 is 11.6 Å². The van der Waals surface area contributed by atoms with Gasteiger partial charge in [-0.05, 0) is 18.5 Å². The molecular formula is C13H13ClN3+. The Morgan fingerprint density at radius 3 is 2.29 bits per heavy atom. The van der Waals surface area contributed by atoms with Crippen LogP contribution in [0, 0.1) is 18.3 Å². The molecule has 0 fully saturated rings. The normalized spacial score (nSPS) is 17.9. The van der Waals surface area contributed by atoms with Crippen LogP contribution in [0.3, 0.4) is 0 Å². The summed E-state index contributed by atoms with van der Waals surface area (Å²) >= 11 is 6.30. The Morgan fingerprint density at radius 2 is 1.82 bits per heavy atom. The van der Waals surface area contributed by atoms with E-state index in [1.165, 1.54) is 5.56 Å². The predicted molar refractivity (Wildman–Crippen MR) is 69.1 cm³/mol. The Kier molecular flexibility index (Phi) is 2.78. The van der Waals surface area contributed by atoms with Crippen molar-refractivity contribution in [3.05, 3.63) is 40.5 Å². The second kappa shape index (κ2) is 3.99. The average Bonchev–Trinajstić information content (AvgIpc) is 2.52. The van der Waals surface area contributed by atoms with Crippen LogP contribution in [-0.4, -0.2) is 24.4 Å². The summed E-state index contributed by atoms with van der Waals surface area (Å²) in [4.78, 5) is 4.32. The van der Waals surface area contributed by atoms with Crippen molar-refractivity contribution in [1.29, 1.82) is 5.26 Å². The molecule has 0 aliphatic carbocycles. The predicted octanol–water partition coefficient (Wildman–Crippen LogP) is 2.87. The Labute approximate surface area is 106 Å². The van der Waals surface area contributed by atoms with Gasteiger partial charge in [0.25, 0.3) is 0 Å². The number of aliphatic imine (C=N–C) groups is 1. The summed E-state index contributed by atoms with van der Waals surface area (Å²) in [7, 11) is 3.71. The van der Waals surface area contributed by atoms with E-state index in [4.69, 9.17) is 16.9 Å². The Bertz CT molecular complexity index is 559. The number of benzene rings is 1. The van der Waals surface area contributed by atoms with Crippen molar-refractivity contribution in [3.63, 3.8) is 0 Å². The van der Waals surface area contributed by atoms with Gasteiger partial charge in [-0.1, -0.05) is 29.8 Å². The fourth-order valence-electron chi connectivity index (χ4n) is 1.68. The highest BCUT2D eigenvalue weighted by Crippen LogP contribution is 2.34. The maximum atomic E-state index is 9.05. The largest absolute Gasteiger partial charge is 0.313 e. The quantitative estimate of drug-likeness (QED) is 0.554. The smallest absolute Gasteiger partial charge is 0.226 e. The molecule has 1 aromatic rings. The van der Waals surface area contributed by atoms with Crippen LogP contribution in [0.2, 0.25) is 0 Å². The second-order valence-electron chi connectivity index (χ2n) is 4.51. The number of halogens is 1. The van der Waals surface area contributed by atoms with Gasteiger partial charge in [-0.25, -0.2) is 4.48 Å². The number of hydrogen-bond donors (Lipinski definition) is 0. The monoisotopic (exact) mass is 246 g/mol. The van der Waals surface area contributed by atoms with E-state index in [0.29, 0.717) is 16.7 Å². The van der Waals surface area contributed by atoms with Crippen molar-refractivity contribution < 1.29 is 4.48 Å². The molecule has 1 aliphatic heterocycles. The van der Waals surface area contributed by atoms with Crippen LogP contribution < -0.4 is 0 Å². The Hall–Kier alpha value is -1.63. The van der Waals surface area contributed by atoms with E-state index < -0.39 is 0 Å². The molecule has 3 nitrogen and oxygen atoms in total. The van der Waals surface area contributed by atoms with Crippen molar-refractivity contribution in [2.24, 2.45) is 4.99 Å². The van der Waals surface area contributed by atoms with Gasteiger partial charge in [0.1, 0.15) is 0 Å². The van der Waals surface area contributed by atoms with Crippen molar-refractivity contribution in [1.82, 2.24) is 0 Å². The molecule has 2 rings (SSSR count). The standard InChI is InChI=1S/C13H13ClN3/c1-9-4-6-10(7-5-9)12-13(14)17(2,3)11(8-15)16-12/h4-7H,1-3H3/q+1. The topological polar surface area (TPSA) is 36.1 Å². The minimum atomic E-state index is 0.210. The lowest BCUT2D eigenvalue weighted by molar-refractivity contribution is -0.744. The van der Waals surface area contributed by atoms with Gasteiger partial charge in [0.05, 0.1) is 14.1 Å². The number of nitriles is 1. The van der Waals surface area contributed by atoms with Crippen LogP contribution in [-0.2, 0) is 0 Å². The van der Waals surface area contributed by atoms with Crippen molar-refractivity contribution in [2.45, 2.75) is 6.92 Å². The SMILES string of the molecule is Cc1ccc(C2=C(Cl)[N+](C)(C)C(C#N)=N2)cc1. The van der Waals surface area contributed by atoms with Gasteiger partial charge in [-0.3, -0.25) is 0 Å². The third kappa shape index (κ3) is 1.86. The number of quaternary nitrogens is 1. The van der Waals surface area contributed by atoms with Crippen LogP contribution in [0.15, 0.2) is 34.4 Å². The van der Waals surface area contributed by atoms with Crippen molar-refractivity contribution in [2.75, 3.05) is 14.1 Å². The van der Waals surface area contributed by atoms with E-state index in [0.717, 1.165) is 5.56 Å². The number of hydrogen-bond acceptors (Lipinski definition) is 2. The van der Waals surface area contributed by atoms with Crippen molar-refractivity contribution in [3.8, 4) is 6.07 Å². The highest BCUT2D eigenvalue weighted by molar-refractivity contribution is 6.33. The van der Waals surface area contributed by atoms with Gasteiger partial charge in [-0.2, -0.15) is 10.3 Å². The third-order valence-electron chi connectivity index (χ3n) is 2.86. The minimum absolute atomic E-state index is 0.210. The zero-order chi connectivity index (χ0) is 12.6. The van der Waals surface area contributed by atoms with Gasteiger partial charge < -0.3 is 0 Å². The Morgan fingerprint density at radius 1 is 1.24 bits per heavy atom. The van der Waals surface area contributed by atoms with Crippen molar-refractivity contribution >= 4 is 23.1 Å². The molecule has 4 heteroatoms. The van der Waals surface area contributed by atoms with E-state index in [2.05, 4.69) is 11.1 Å². The zero-order valence-corrected chi connectivity index (χ0v) is 10.8. The molecule has 0 radical (unpaired) electrons. The number of rotatable bonds is 1. The molecular weight excluding hydrogens is 234 g/mol. The summed E-state index contributed by atoms with van der Waals surface area (Å²) in [5, 5.41) is 9.62. The molecule has 1 heterocycles. The van der Waals surface area contributed by atoms with Crippen LogP contribution in [0.5, 0.6) is 0 Å². The van der Waals surface area contributed by atoms with E-state index in [9.17, 15) is 0 Å². The lowest BCUT2D eigenvalue weighted by Crippen LogP contribution is -2.39. The first-order valence-electron chi connectivity index (χ1n) is 5.27. The molecule has 0 saturated heterocycles. The molecule has 0 spiro atoms. The summed E-state index contributed by atoms with van der Waals surface area (Å²) in [6.07, 6.45) is 0. The van der Waals surface area contributed by atoms with Crippen LogP contribution in [0.25, 0.3) is 5.70 Å². The summed E-state index contributed by atoms with van der Waals surface area (Å²) < 4.78 is 0.210. The van der Waals surface area contributed by atoms with Gasteiger partial charge in [-0.15, -0.1) is 0 Å². The highest BCUT2D eigenvalue weighted by atomic mass is 35.5. The van der Waals surface area contributed by atoms with Crippen LogP contribution in [0.1, 0.15) is 11.1 Å². The molecule has 0 aromatic heterocycles. The van der Waals surface area contributed by atoms with E-state index in [1.54, 1.807) is 0 Å². The van der Waals surface area contributed by atoms with Gasteiger partial charge in [0, 0.05) is 5.56 Å². The maximum Gasteiger partial charge on any atom is 0.313 e. The summed E-state index contributed by atoms with van der Waals surface area (Å²) in [6.45, 7) is 2.03. The molecule has 0 saturated carbocycles. The maximum absolute atomic E-state index is 9.05. The fraction of sp³-hybridized carbons (Fsp3) is 0.231. The summed E-state index contributed by atoms with van der Waals surface area (Å²) in [5.41, 5.74) is 2.81. The molecule has 0 unspecified atom stereocenters. The van der Waals surface area contributed by atoms with Gasteiger partial charge in [0.2, 0.25) is 5.16 Å². The number of aryl methyl sites for hydroxylation is 1. The van der Waals surface area contributed by atoms with Gasteiger partial charge in [0.15, 0.2) is 11.8 Å². The van der Waals surface area contributed by atoms with Crippen LogP contribution in [0.4, 0.5) is 0 Å². The third-order valence-corrected chi connectivity index (χ3v) is 3.46.